The highest BCUT2D eigenvalue weighted by molar-refractivity contribution is 6.59. The van der Waals surface area contributed by atoms with Gasteiger partial charge in [0.1, 0.15) is 5.78 Å². The average Bonchev–Trinajstić information content (AvgIpc) is 2.65. The minimum Gasteiger partial charge on any atom is -0.498 e. The number of rotatable bonds is 10. The molecule has 1 N–H and O–H groups in total. The summed E-state index contributed by atoms with van der Waals surface area (Å²) in [5.41, 5.74) is 6.10. The molecule has 1 heterocycles. The van der Waals surface area contributed by atoms with Crippen LogP contribution < -0.4 is 5.32 Å². The van der Waals surface area contributed by atoms with Gasteiger partial charge in [-0.25, -0.2) is 0 Å². The predicted molar refractivity (Wildman–Crippen MR) is 130 cm³/mol. The van der Waals surface area contributed by atoms with Gasteiger partial charge >= 0.3 is 0 Å². The molecule has 4 heteroatoms. The van der Waals surface area contributed by atoms with Crippen molar-refractivity contribution >= 4 is 18.1 Å². The normalized spacial score (nSPS) is 15.9. The van der Waals surface area contributed by atoms with Gasteiger partial charge in [0.05, 0.1) is 12.4 Å². The molecule has 0 bridgehead atoms. The first-order valence-electron chi connectivity index (χ1n) is 11.0. The van der Waals surface area contributed by atoms with Crippen LogP contribution in [-0.2, 0) is 22.3 Å². The van der Waals surface area contributed by atoms with E-state index < -0.39 is 0 Å². The topological polar surface area (TPSA) is 38.3 Å². The van der Waals surface area contributed by atoms with Gasteiger partial charge < -0.3 is 14.8 Å². The third kappa shape index (κ3) is 6.65. The molecule has 0 saturated heterocycles. The Morgan fingerprint density at radius 3 is 2.53 bits per heavy atom. The first kappa shape index (κ1) is 24.0. The zero-order valence-corrected chi connectivity index (χ0v) is 19.6. The summed E-state index contributed by atoms with van der Waals surface area (Å²) in [6.07, 6.45) is 4.04. The highest BCUT2D eigenvalue weighted by atomic mass is 16.5. The fraction of sp³-hybridized carbons (Fsp3) is 0.500. The van der Waals surface area contributed by atoms with Crippen molar-refractivity contribution in [3.05, 3.63) is 66.1 Å². The van der Waals surface area contributed by atoms with E-state index in [0.717, 1.165) is 36.2 Å². The molecule has 1 unspecified atom stereocenters. The lowest BCUT2D eigenvalue weighted by atomic mass is 9.39. The number of ketones is 1. The van der Waals surface area contributed by atoms with Crippen molar-refractivity contribution in [2.75, 3.05) is 6.61 Å². The van der Waals surface area contributed by atoms with Crippen LogP contribution in [0.5, 0.6) is 0 Å². The molecular weight excluding hydrogens is 369 g/mol. The summed E-state index contributed by atoms with van der Waals surface area (Å²) < 4.78 is 5.87. The molecule has 2 rings (SSSR count). The van der Waals surface area contributed by atoms with Crippen molar-refractivity contribution < 1.29 is 9.53 Å². The van der Waals surface area contributed by atoms with E-state index in [9.17, 15) is 4.79 Å². The molecule has 0 radical (unpaired) electrons. The van der Waals surface area contributed by atoms with Crippen LogP contribution in [0.15, 0.2) is 49.4 Å². The second kappa shape index (κ2) is 10.2. The molecule has 30 heavy (non-hydrogen) atoms. The van der Waals surface area contributed by atoms with E-state index in [-0.39, 0.29) is 11.2 Å². The number of Topliss-reactive ketones (excluding diaryl/α,β-unsaturated/α-hetero) is 1. The Kier molecular flexibility index (Phi) is 8.17. The van der Waals surface area contributed by atoms with Crippen molar-refractivity contribution in [3.63, 3.8) is 0 Å². The van der Waals surface area contributed by atoms with Gasteiger partial charge in [-0.3, -0.25) is 0 Å². The molecule has 0 aromatic heterocycles. The standard InChI is InChI=1S/C26H38BNO2/c1-18(14-15-30-21(4)26(5,6)7)23-11-9-10-22-16-25(27(8)17-24(22)23)28-19(2)12-13-20(3)29/h9-11,25,28H,1-2,4,12-17H2,3,5-8H3. The van der Waals surface area contributed by atoms with Crippen molar-refractivity contribution in [2.24, 2.45) is 5.41 Å². The second-order valence-corrected chi connectivity index (χ2v) is 9.76. The van der Waals surface area contributed by atoms with Gasteiger partial charge in [-0.05, 0) is 48.3 Å². The molecule has 1 aromatic rings. The Bertz CT molecular complexity index is 819. The van der Waals surface area contributed by atoms with Gasteiger partial charge in [-0.15, -0.1) is 0 Å². The minimum absolute atomic E-state index is 0.0425. The lowest BCUT2D eigenvalue weighted by Gasteiger charge is -2.32. The van der Waals surface area contributed by atoms with Crippen molar-refractivity contribution in [3.8, 4) is 0 Å². The lowest BCUT2D eigenvalue weighted by Crippen LogP contribution is -2.47. The summed E-state index contributed by atoms with van der Waals surface area (Å²) >= 11 is 0. The zero-order valence-electron chi connectivity index (χ0n) is 19.6. The molecule has 3 nitrogen and oxygen atoms in total. The number of fused-ring (bicyclic) bond motifs is 1. The van der Waals surface area contributed by atoms with Crippen LogP contribution in [-0.4, -0.2) is 25.0 Å². The minimum atomic E-state index is -0.0425. The summed E-state index contributed by atoms with van der Waals surface area (Å²) in [5, 5.41) is 3.58. The number of hydrogen-bond donors (Lipinski definition) is 1. The SMILES string of the molecule is C=C(CCC(C)=O)NC1Cc2cccc(C(=C)CCOC(=C)C(C)(C)C)c2CB1C. The number of carbonyl (C=O) groups is 1. The Balaban J connectivity index is 2.01. The number of benzene rings is 1. The number of allylic oxidation sites excluding steroid dienone is 2. The molecule has 0 amide bonds. The summed E-state index contributed by atoms with van der Waals surface area (Å²) in [4.78, 5) is 11.2. The zero-order chi connectivity index (χ0) is 22.5. The lowest BCUT2D eigenvalue weighted by molar-refractivity contribution is -0.117. The maximum atomic E-state index is 11.2. The monoisotopic (exact) mass is 407 g/mol. The molecule has 162 valence electrons. The number of hydrogen-bond acceptors (Lipinski definition) is 3. The Hall–Kier alpha value is -2.23. The Morgan fingerprint density at radius 2 is 1.90 bits per heavy atom. The first-order chi connectivity index (χ1) is 14.0. The molecule has 0 fully saturated rings. The van der Waals surface area contributed by atoms with E-state index in [0.29, 0.717) is 32.1 Å². The molecule has 1 aromatic carbocycles. The van der Waals surface area contributed by atoms with Crippen molar-refractivity contribution in [1.82, 2.24) is 5.32 Å². The van der Waals surface area contributed by atoms with E-state index in [1.807, 2.05) is 0 Å². The molecule has 0 saturated carbocycles. The maximum Gasteiger partial charge on any atom is 0.168 e. The maximum absolute atomic E-state index is 11.2. The van der Waals surface area contributed by atoms with Crippen LogP contribution in [0, 0.1) is 5.41 Å². The van der Waals surface area contributed by atoms with Crippen LogP contribution in [0.4, 0.5) is 0 Å². The quantitative estimate of drug-likeness (QED) is 0.393. The molecule has 1 atom stereocenters. The van der Waals surface area contributed by atoms with Crippen LogP contribution in [0.25, 0.3) is 5.57 Å². The smallest absolute Gasteiger partial charge is 0.168 e. The predicted octanol–water partition coefficient (Wildman–Crippen LogP) is 5.81. The first-order valence-corrected chi connectivity index (χ1v) is 11.0. The largest absolute Gasteiger partial charge is 0.498 e. The molecular formula is C26H38BNO2. The van der Waals surface area contributed by atoms with E-state index >= 15 is 0 Å². The number of carbonyl (C=O) groups excluding carboxylic acids is 1. The summed E-state index contributed by atoms with van der Waals surface area (Å²) in [5.74, 6) is 1.37. The third-order valence-corrected chi connectivity index (χ3v) is 5.99. The fourth-order valence-corrected chi connectivity index (χ4v) is 3.80. The Labute approximate surface area is 183 Å². The molecule has 0 aliphatic carbocycles. The third-order valence-electron chi connectivity index (χ3n) is 5.99. The van der Waals surface area contributed by atoms with Gasteiger partial charge in [0, 0.05) is 29.9 Å². The Morgan fingerprint density at radius 1 is 1.20 bits per heavy atom. The van der Waals surface area contributed by atoms with Crippen LogP contribution in [0.1, 0.15) is 63.6 Å². The van der Waals surface area contributed by atoms with E-state index in [4.69, 9.17) is 4.74 Å². The van der Waals surface area contributed by atoms with Crippen molar-refractivity contribution in [1.29, 1.82) is 0 Å². The van der Waals surface area contributed by atoms with Gasteiger partial charge in [0.2, 0.25) is 0 Å². The molecule has 0 spiro atoms. The summed E-state index contributed by atoms with van der Waals surface area (Å²) in [7, 11) is 0. The second-order valence-electron chi connectivity index (χ2n) is 9.76. The van der Waals surface area contributed by atoms with E-state index in [1.54, 1.807) is 6.92 Å². The average molecular weight is 407 g/mol. The van der Waals surface area contributed by atoms with Crippen molar-refractivity contribution in [2.45, 2.75) is 72.5 Å². The van der Waals surface area contributed by atoms with Gasteiger partial charge in [-0.2, -0.15) is 0 Å². The highest BCUT2D eigenvalue weighted by Crippen LogP contribution is 2.31. The number of ether oxygens (including phenoxy) is 1. The molecule has 1 aliphatic heterocycles. The summed E-state index contributed by atoms with van der Waals surface area (Å²) in [6, 6.07) is 6.54. The highest BCUT2D eigenvalue weighted by Gasteiger charge is 2.29. The molecule has 1 aliphatic rings. The van der Waals surface area contributed by atoms with Crippen LogP contribution in [0.3, 0.4) is 0 Å². The van der Waals surface area contributed by atoms with E-state index in [1.165, 1.54) is 16.7 Å². The number of nitrogens with one attached hydrogen (secondary N) is 1. The van der Waals surface area contributed by atoms with Crippen LogP contribution >= 0.6 is 0 Å². The van der Waals surface area contributed by atoms with Gasteiger partial charge in [-0.1, -0.05) is 65.5 Å². The summed E-state index contributed by atoms with van der Waals surface area (Å²) in [6.45, 7) is 23.9. The fourth-order valence-electron chi connectivity index (χ4n) is 3.80. The van der Waals surface area contributed by atoms with Gasteiger partial charge in [0.15, 0.2) is 6.71 Å². The van der Waals surface area contributed by atoms with Crippen LogP contribution in [0.2, 0.25) is 6.82 Å². The van der Waals surface area contributed by atoms with Gasteiger partial charge in [0.25, 0.3) is 0 Å². The van der Waals surface area contributed by atoms with E-state index in [2.05, 4.69) is 70.8 Å².